The molecule has 1 unspecified atom stereocenters. The van der Waals surface area contributed by atoms with Crippen LogP contribution in [0.1, 0.15) is 31.4 Å². The molecule has 2 aliphatic carbocycles. The highest BCUT2D eigenvalue weighted by Gasteiger charge is 2.65. The Labute approximate surface area is 281 Å². The van der Waals surface area contributed by atoms with E-state index in [4.69, 9.17) is 60.2 Å². The SMILES string of the molecule is CC(=O)Oc1ccc2c3c1O[C@H]1[C@@H](OC(C)=O)C=C[C@H]4[C@@H](C2)N(C)CC[C@@]341.O=C[C@H](O)[C@@H](O)[C@@H](O)[C@H](O)CO.OC1OC[C@@H](O)[C@H](O)[C@H]1O. The molecule has 0 saturated carbocycles. The summed E-state index contributed by atoms with van der Waals surface area (Å²) in [6.07, 6.45) is -6.76. The van der Waals surface area contributed by atoms with E-state index in [9.17, 15) is 14.4 Å². The minimum atomic E-state index is -1.79. The molecule has 13 atom stereocenters. The van der Waals surface area contributed by atoms with Gasteiger partial charge in [-0.3, -0.25) is 9.59 Å². The lowest BCUT2D eigenvalue weighted by Crippen LogP contribution is -2.65. The quantitative estimate of drug-likeness (QED) is 0.0568. The number of aliphatic hydroxyl groups is 9. The Bertz CT molecular complexity index is 1360. The molecule has 17 nitrogen and oxygen atoms in total. The molecule has 3 heterocycles. The van der Waals surface area contributed by atoms with Crippen molar-refractivity contribution in [1.29, 1.82) is 0 Å². The molecular formula is C32H45NO16. The third-order valence-corrected chi connectivity index (χ3v) is 9.57. The number of likely N-dealkylation sites (N-methyl/N-ethyl adjacent to an activating group) is 1. The van der Waals surface area contributed by atoms with Crippen LogP contribution in [0.15, 0.2) is 24.3 Å². The van der Waals surface area contributed by atoms with Crippen molar-refractivity contribution in [3.8, 4) is 11.5 Å². The minimum absolute atomic E-state index is 0.0258. The Morgan fingerprint density at radius 3 is 2.33 bits per heavy atom. The molecule has 3 aliphatic heterocycles. The van der Waals surface area contributed by atoms with Gasteiger partial charge in [-0.2, -0.15) is 0 Å². The average Bonchev–Trinajstić information content (AvgIpc) is 3.43. The second-order valence-corrected chi connectivity index (χ2v) is 12.7. The summed E-state index contributed by atoms with van der Waals surface area (Å²) in [5.41, 5.74) is 2.15. The molecule has 49 heavy (non-hydrogen) atoms. The van der Waals surface area contributed by atoms with E-state index in [1.807, 2.05) is 12.1 Å². The first-order valence-electron chi connectivity index (χ1n) is 15.8. The predicted octanol–water partition coefficient (Wildman–Crippen LogP) is -3.97. The smallest absolute Gasteiger partial charge is 0.308 e. The van der Waals surface area contributed by atoms with E-state index in [0.717, 1.165) is 24.9 Å². The number of aldehydes is 1. The van der Waals surface area contributed by atoms with Crippen LogP contribution in [0.3, 0.4) is 0 Å². The Hall–Kier alpha value is -3.07. The van der Waals surface area contributed by atoms with Gasteiger partial charge in [0.05, 0.1) is 13.2 Å². The number of carbonyl (C=O) groups is 3. The summed E-state index contributed by atoms with van der Waals surface area (Å²) in [6, 6.07) is 4.28. The first-order chi connectivity index (χ1) is 23.1. The molecule has 274 valence electrons. The van der Waals surface area contributed by atoms with Crippen LogP contribution in [0, 0.1) is 5.92 Å². The topological polar surface area (TPSA) is 273 Å². The van der Waals surface area contributed by atoms with Crippen LogP contribution in [0.25, 0.3) is 0 Å². The fourth-order valence-corrected chi connectivity index (χ4v) is 7.15. The highest BCUT2D eigenvalue weighted by Crippen LogP contribution is 2.62. The zero-order valence-corrected chi connectivity index (χ0v) is 27.2. The lowest BCUT2D eigenvalue weighted by atomic mass is 9.53. The van der Waals surface area contributed by atoms with E-state index < -0.39 is 61.7 Å². The molecule has 2 saturated heterocycles. The Morgan fingerprint density at radius 1 is 1.04 bits per heavy atom. The largest absolute Gasteiger partial charge is 0.481 e. The van der Waals surface area contributed by atoms with E-state index in [-0.39, 0.29) is 42.3 Å². The second kappa shape index (κ2) is 15.9. The van der Waals surface area contributed by atoms with Gasteiger partial charge in [-0.05, 0) is 44.1 Å². The number of carbonyl (C=O) groups excluding carboxylic acids is 3. The molecule has 17 heteroatoms. The first kappa shape index (κ1) is 38.7. The van der Waals surface area contributed by atoms with Crippen molar-refractivity contribution >= 4 is 18.2 Å². The van der Waals surface area contributed by atoms with Crippen molar-refractivity contribution in [3.63, 3.8) is 0 Å². The molecule has 0 amide bonds. The number of hydrogen-bond acceptors (Lipinski definition) is 17. The van der Waals surface area contributed by atoms with E-state index in [2.05, 4.69) is 28.8 Å². The summed E-state index contributed by atoms with van der Waals surface area (Å²) < 4.78 is 22.0. The number of piperidine rings is 1. The van der Waals surface area contributed by atoms with Gasteiger partial charge < -0.3 is 74.6 Å². The molecule has 1 spiro atoms. The standard InChI is InChI=1S/C21H23NO5.C6H12O6.C5H10O5/c1-11(23)25-16-6-4-13-10-15-14-5-7-17(26-12(2)24)20-21(14,8-9-22(15)3)18(13)19(16)27-20;7-1-3(9)5(11)6(12)4(10)2-8;6-2-1-10-5(9)4(8)3(2)7/h4-7,14-15,17,20H,8-10H2,1-3H3;1,3-6,8-12H,2H2;2-9H,1H2/t14-,15+,17-,20-,21-;3-,4+,5+,6-;2-,3+,4-,5?/m001/s1. The number of likely N-dealkylation sites (tertiary alicyclic amines) is 1. The zero-order chi connectivity index (χ0) is 36.4. The zero-order valence-electron chi connectivity index (χ0n) is 27.2. The van der Waals surface area contributed by atoms with Gasteiger partial charge >= 0.3 is 11.9 Å². The molecule has 2 fully saturated rings. The summed E-state index contributed by atoms with van der Waals surface area (Å²) in [5.74, 6) is 0.712. The number of nitrogens with zero attached hydrogens (tertiary/aromatic N) is 1. The molecule has 0 aromatic heterocycles. The van der Waals surface area contributed by atoms with Crippen LogP contribution in [-0.2, 0) is 35.7 Å². The van der Waals surface area contributed by atoms with E-state index in [1.54, 1.807) is 0 Å². The summed E-state index contributed by atoms with van der Waals surface area (Å²) >= 11 is 0. The van der Waals surface area contributed by atoms with Crippen LogP contribution in [-0.4, -0.2) is 163 Å². The van der Waals surface area contributed by atoms with Crippen molar-refractivity contribution in [1.82, 2.24) is 4.90 Å². The fraction of sp³-hybridized carbons (Fsp3) is 0.656. The van der Waals surface area contributed by atoms with Gasteiger partial charge in [-0.15, -0.1) is 0 Å². The van der Waals surface area contributed by atoms with Crippen LogP contribution in [0.2, 0.25) is 0 Å². The maximum absolute atomic E-state index is 11.7. The maximum Gasteiger partial charge on any atom is 0.308 e. The summed E-state index contributed by atoms with van der Waals surface area (Å²) in [6.45, 7) is 2.86. The third kappa shape index (κ3) is 7.67. The van der Waals surface area contributed by atoms with Gasteiger partial charge in [0.25, 0.3) is 0 Å². The summed E-state index contributed by atoms with van der Waals surface area (Å²) in [7, 11) is 2.17. The van der Waals surface area contributed by atoms with Crippen molar-refractivity contribution < 1.29 is 79.3 Å². The van der Waals surface area contributed by atoms with Gasteiger partial charge in [0, 0.05) is 36.8 Å². The molecular weight excluding hydrogens is 654 g/mol. The Kier molecular flexibility index (Phi) is 12.5. The highest BCUT2D eigenvalue weighted by molar-refractivity contribution is 5.73. The van der Waals surface area contributed by atoms with Crippen molar-refractivity contribution in [3.05, 3.63) is 35.4 Å². The van der Waals surface area contributed by atoms with Gasteiger partial charge in [-0.25, -0.2) is 0 Å². The average molecular weight is 700 g/mol. The third-order valence-electron chi connectivity index (χ3n) is 9.57. The van der Waals surface area contributed by atoms with Crippen molar-refractivity contribution in [2.24, 2.45) is 5.92 Å². The number of benzene rings is 1. The van der Waals surface area contributed by atoms with E-state index >= 15 is 0 Å². The number of aliphatic hydroxyl groups excluding tert-OH is 9. The Morgan fingerprint density at radius 2 is 1.73 bits per heavy atom. The van der Waals surface area contributed by atoms with Crippen molar-refractivity contribution in [2.45, 2.75) is 99.4 Å². The van der Waals surface area contributed by atoms with Gasteiger partial charge in [0.1, 0.15) is 48.8 Å². The summed E-state index contributed by atoms with van der Waals surface area (Å²) in [5, 5.41) is 78.8. The molecule has 1 aromatic carbocycles. The molecule has 2 bridgehead atoms. The normalized spacial score (nSPS) is 34.6. The van der Waals surface area contributed by atoms with Gasteiger partial charge in [0.2, 0.25) is 0 Å². The van der Waals surface area contributed by atoms with Crippen molar-refractivity contribution in [2.75, 3.05) is 26.8 Å². The van der Waals surface area contributed by atoms with Gasteiger partial charge in [0.15, 0.2) is 30.2 Å². The fourth-order valence-electron chi connectivity index (χ4n) is 7.15. The number of hydrogen-bond donors (Lipinski definition) is 9. The predicted molar refractivity (Wildman–Crippen MR) is 164 cm³/mol. The van der Waals surface area contributed by atoms with E-state index in [1.165, 1.54) is 19.4 Å². The number of rotatable bonds is 7. The van der Waals surface area contributed by atoms with Gasteiger partial charge in [-0.1, -0.05) is 12.1 Å². The molecule has 5 aliphatic rings. The minimum Gasteiger partial charge on any atom is -0.481 e. The lowest BCUT2D eigenvalue weighted by Gasteiger charge is -2.56. The van der Waals surface area contributed by atoms with Crippen LogP contribution >= 0.6 is 0 Å². The molecule has 0 radical (unpaired) electrons. The molecule has 6 rings (SSSR count). The maximum atomic E-state index is 11.7. The summed E-state index contributed by atoms with van der Waals surface area (Å²) in [4.78, 5) is 35.6. The van der Waals surface area contributed by atoms with Crippen LogP contribution in [0.5, 0.6) is 11.5 Å². The highest BCUT2D eigenvalue weighted by atomic mass is 16.6. The van der Waals surface area contributed by atoms with Crippen LogP contribution < -0.4 is 9.47 Å². The second-order valence-electron chi connectivity index (χ2n) is 12.7. The monoisotopic (exact) mass is 699 g/mol. The van der Waals surface area contributed by atoms with E-state index in [0.29, 0.717) is 17.5 Å². The lowest BCUT2D eigenvalue weighted by molar-refractivity contribution is -0.252. The first-order valence-corrected chi connectivity index (χ1v) is 15.8. The molecule has 1 aromatic rings. The number of ether oxygens (including phenoxy) is 4. The Balaban J connectivity index is 0.000000204. The molecule has 9 N–H and O–H groups in total. The number of esters is 2. The van der Waals surface area contributed by atoms with Crippen LogP contribution in [0.4, 0.5) is 0 Å².